The maximum absolute atomic E-state index is 4.78. The van der Waals surface area contributed by atoms with Crippen LogP contribution in [0.5, 0.6) is 0 Å². The lowest BCUT2D eigenvalue weighted by Gasteiger charge is -2.10. The van der Waals surface area contributed by atoms with E-state index in [0.29, 0.717) is 6.04 Å². The van der Waals surface area contributed by atoms with Crippen LogP contribution in [-0.2, 0) is 26.4 Å². The molecule has 0 saturated heterocycles. The van der Waals surface area contributed by atoms with Crippen molar-refractivity contribution < 1.29 is 0 Å². The van der Waals surface area contributed by atoms with Gasteiger partial charge in [-0.25, -0.2) is 4.68 Å². The normalized spacial score (nSPS) is 14.9. The summed E-state index contributed by atoms with van der Waals surface area (Å²) in [4.78, 5) is 0. The Morgan fingerprint density at radius 2 is 2.00 bits per heavy atom. The van der Waals surface area contributed by atoms with Gasteiger partial charge in [0, 0.05) is 30.9 Å². The molecule has 1 fully saturated rings. The topological polar surface area (TPSA) is 47.7 Å². The molecule has 0 aliphatic heterocycles. The van der Waals surface area contributed by atoms with Gasteiger partial charge in [0.2, 0.25) is 0 Å². The van der Waals surface area contributed by atoms with Gasteiger partial charge in [0.15, 0.2) is 5.82 Å². The van der Waals surface area contributed by atoms with Crippen LogP contribution < -0.4 is 5.32 Å². The lowest BCUT2D eigenvalue weighted by atomic mass is 10.2. The molecule has 2 aromatic rings. The van der Waals surface area contributed by atoms with E-state index in [1.807, 2.05) is 11.7 Å². The van der Waals surface area contributed by atoms with Crippen molar-refractivity contribution in [3.8, 4) is 5.82 Å². The van der Waals surface area contributed by atoms with Crippen LogP contribution in [-0.4, -0.2) is 25.6 Å². The summed E-state index contributed by atoms with van der Waals surface area (Å²) in [6.45, 7) is 7.29. The quantitative estimate of drug-likeness (QED) is 0.887. The summed E-state index contributed by atoms with van der Waals surface area (Å²) in [6.07, 6.45) is 4.55. The molecule has 21 heavy (non-hydrogen) atoms. The highest BCUT2D eigenvalue weighted by molar-refractivity contribution is 5.39. The number of nitrogens with zero attached hydrogens (tertiary/aromatic N) is 4. The van der Waals surface area contributed by atoms with Crippen molar-refractivity contribution in [3.05, 3.63) is 28.7 Å². The van der Waals surface area contributed by atoms with Crippen molar-refractivity contribution in [2.75, 3.05) is 0 Å². The van der Waals surface area contributed by atoms with E-state index in [1.165, 1.54) is 24.1 Å². The fourth-order valence-electron chi connectivity index (χ4n) is 2.78. The summed E-state index contributed by atoms with van der Waals surface area (Å²) in [5.41, 5.74) is 4.76. The first-order valence-corrected chi connectivity index (χ1v) is 7.98. The van der Waals surface area contributed by atoms with Gasteiger partial charge in [-0.05, 0) is 38.7 Å². The van der Waals surface area contributed by atoms with E-state index in [2.05, 4.69) is 41.9 Å². The molecule has 1 saturated carbocycles. The van der Waals surface area contributed by atoms with Crippen molar-refractivity contribution in [2.45, 2.75) is 59.0 Å². The molecule has 1 aliphatic carbocycles. The first kappa shape index (κ1) is 14.3. The van der Waals surface area contributed by atoms with E-state index >= 15 is 0 Å². The zero-order valence-electron chi connectivity index (χ0n) is 13.5. The van der Waals surface area contributed by atoms with Crippen LogP contribution in [0.1, 0.15) is 49.3 Å². The Balaban J connectivity index is 2.01. The van der Waals surface area contributed by atoms with Crippen LogP contribution in [0.3, 0.4) is 0 Å². The lowest BCUT2D eigenvalue weighted by molar-refractivity contribution is 0.652. The molecule has 5 heteroatoms. The molecule has 1 N–H and O–H groups in total. The van der Waals surface area contributed by atoms with Gasteiger partial charge < -0.3 is 5.32 Å². The fraction of sp³-hybridized carbons (Fsp3) is 0.625. The van der Waals surface area contributed by atoms with Gasteiger partial charge in [0.25, 0.3) is 0 Å². The van der Waals surface area contributed by atoms with Crippen LogP contribution in [0, 0.1) is 6.92 Å². The summed E-state index contributed by atoms with van der Waals surface area (Å²) >= 11 is 0. The number of aryl methyl sites for hydroxylation is 4. The SMILES string of the molecule is CCc1cc(CC)n(-c2c(CNC3CC3)c(C)nn2C)n1. The second-order valence-corrected chi connectivity index (χ2v) is 5.91. The first-order chi connectivity index (χ1) is 10.1. The molecule has 114 valence electrons. The van der Waals surface area contributed by atoms with Crippen molar-refractivity contribution in [2.24, 2.45) is 7.05 Å². The molecule has 0 amide bonds. The molecule has 0 aromatic carbocycles. The molecule has 0 bridgehead atoms. The zero-order chi connectivity index (χ0) is 15.0. The second-order valence-electron chi connectivity index (χ2n) is 5.91. The van der Waals surface area contributed by atoms with Gasteiger partial charge in [-0.1, -0.05) is 13.8 Å². The third-order valence-electron chi connectivity index (χ3n) is 4.22. The van der Waals surface area contributed by atoms with Crippen molar-refractivity contribution >= 4 is 0 Å². The summed E-state index contributed by atoms with van der Waals surface area (Å²) in [5.74, 6) is 1.11. The summed E-state index contributed by atoms with van der Waals surface area (Å²) in [7, 11) is 2.01. The Hall–Kier alpha value is -1.62. The average Bonchev–Trinajstić information content (AvgIpc) is 3.13. The summed E-state index contributed by atoms with van der Waals surface area (Å²) in [5, 5.41) is 13.0. The second kappa shape index (κ2) is 5.64. The van der Waals surface area contributed by atoms with Gasteiger partial charge >= 0.3 is 0 Å². The highest BCUT2D eigenvalue weighted by atomic mass is 15.4. The van der Waals surface area contributed by atoms with E-state index in [0.717, 1.165) is 36.6 Å². The van der Waals surface area contributed by atoms with Crippen LogP contribution in [0.4, 0.5) is 0 Å². The van der Waals surface area contributed by atoms with Gasteiger partial charge in [-0.15, -0.1) is 0 Å². The van der Waals surface area contributed by atoms with Crippen LogP contribution in [0.15, 0.2) is 6.07 Å². The Labute approximate surface area is 126 Å². The Morgan fingerprint density at radius 3 is 2.62 bits per heavy atom. The summed E-state index contributed by atoms with van der Waals surface area (Å²) < 4.78 is 4.05. The third kappa shape index (κ3) is 2.75. The van der Waals surface area contributed by atoms with Crippen molar-refractivity contribution in [3.63, 3.8) is 0 Å². The number of hydrogen-bond donors (Lipinski definition) is 1. The molecule has 0 spiro atoms. The predicted octanol–water partition coefficient (Wildman–Crippen LogP) is 2.29. The molecule has 0 atom stereocenters. The van der Waals surface area contributed by atoms with E-state index < -0.39 is 0 Å². The number of aromatic nitrogens is 4. The first-order valence-electron chi connectivity index (χ1n) is 7.98. The third-order valence-corrected chi connectivity index (χ3v) is 4.22. The molecule has 2 aromatic heterocycles. The maximum atomic E-state index is 4.78. The smallest absolute Gasteiger partial charge is 0.156 e. The van der Waals surface area contributed by atoms with Crippen LogP contribution >= 0.6 is 0 Å². The van der Waals surface area contributed by atoms with E-state index in [9.17, 15) is 0 Å². The zero-order valence-corrected chi connectivity index (χ0v) is 13.5. The largest absolute Gasteiger partial charge is 0.310 e. The van der Waals surface area contributed by atoms with Gasteiger partial charge in [-0.2, -0.15) is 10.2 Å². The van der Waals surface area contributed by atoms with E-state index in [1.54, 1.807) is 0 Å². The molecular formula is C16H25N5. The summed E-state index contributed by atoms with van der Waals surface area (Å²) in [6, 6.07) is 2.91. The average molecular weight is 287 g/mol. The molecule has 5 nitrogen and oxygen atoms in total. The monoisotopic (exact) mass is 287 g/mol. The minimum absolute atomic E-state index is 0.701. The number of hydrogen-bond acceptors (Lipinski definition) is 3. The Morgan fingerprint density at radius 1 is 1.24 bits per heavy atom. The molecule has 0 unspecified atom stereocenters. The number of nitrogens with one attached hydrogen (secondary N) is 1. The van der Waals surface area contributed by atoms with E-state index in [4.69, 9.17) is 5.10 Å². The lowest BCUT2D eigenvalue weighted by Crippen LogP contribution is -2.18. The fourth-order valence-corrected chi connectivity index (χ4v) is 2.78. The van der Waals surface area contributed by atoms with Crippen LogP contribution in [0.2, 0.25) is 0 Å². The minimum Gasteiger partial charge on any atom is -0.310 e. The van der Waals surface area contributed by atoms with Gasteiger partial charge in [-0.3, -0.25) is 4.68 Å². The van der Waals surface area contributed by atoms with E-state index in [-0.39, 0.29) is 0 Å². The molecule has 0 radical (unpaired) electrons. The van der Waals surface area contributed by atoms with Crippen molar-refractivity contribution in [1.29, 1.82) is 0 Å². The Bertz CT molecular complexity index is 633. The standard InChI is InChI=1S/C16H25N5/c1-5-12-9-14(6-2)21(19-12)16-15(10-17-13-7-8-13)11(3)18-20(16)4/h9,13,17H,5-8,10H2,1-4H3. The van der Waals surface area contributed by atoms with Crippen molar-refractivity contribution in [1.82, 2.24) is 24.9 Å². The van der Waals surface area contributed by atoms with Gasteiger partial charge in [0.05, 0.1) is 11.4 Å². The molecular weight excluding hydrogens is 262 g/mol. The van der Waals surface area contributed by atoms with Gasteiger partial charge in [0.1, 0.15) is 0 Å². The highest BCUT2D eigenvalue weighted by Crippen LogP contribution is 2.23. The Kier molecular flexibility index (Phi) is 3.85. The van der Waals surface area contributed by atoms with Crippen LogP contribution in [0.25, 0.3) is 5.82 Å². The number of rotatable bonds is 6. The minimum atomic E-state index is 0.701. The molecule has 3 rings (SSSR count). The molecule has 1 aliphatic rings. The molecule has 2 heterocycles. The highest BCUT2D eigenvalue weighted by Gasteiger charge is 2.23. The maximum Gasteiger partial charge on any atom is 0.156 e. The predicted molar refractivity (Wildman–Crippen MR) is 83.7 cm³/mol.